The van der Waals surface area contributed by atoms with Gasteiger partial charge in [0.2, 0.25) is 0 Å². The Balaban J connectivity index is 2.05. The van der Waals surface area contributed by atoms with Gasteiger partial charge in [-0.2, -0.15) is 0 Å². The van der Waals surface area contributed by atoms with Gasteiger partial charge in [-0.25, -0.2) is 0 Å². The van der Waals surface area contributed by atoms with E-state index in [1.54, 1.807) is 0 Å². The van der Waals surface area contributed by atoms with Gasteiger partial charge in [-0.3, -0.25) is 0 Å². The van der Waals surface area contributed by atoms with Crippen LogP contribution < -0.4 is 5.32 Å². The molecule has 0 radical (unpaired) electrons. The Morgan fingerprint density at radius 3 is 2.71 bits per heavy atom. The number of rotatable bonds is 5. The van der Waals surface area contributed by atoms with E-state index >= 15 is 0 Å². The molecule has 0 saturated heterocycles. The minimum absolute atomic E-state index is 0.636. The van der Waals surface area contributed by atoms with Crippen LogP contribution in [-0.2, 0) is 6.54 Å². The quantitative estimate of drug-likeness (QED) is 0.799. The van der Waals surface area contributed by atoms with Gasteiger partial charge in [0.15, 0.2) is 0 Å². The zero-order valence-electron chi connectivity index (χ0n) is 11.1. The molecule has 4 nitrogen and oxygen atoms in total. The Morgan fingerprint density at radius 1 is 1.24 bits per heavy atom. The van der Waals surface area contributed by atoms with Crippen molar-refractivity contribution in [2.45, 2.75) is 65.0 Å². The molecule has 1 aliphatic rings. The molecule has 1 fully saturated rings. The predicted octanol–water partition coefficient (Wildman–Crippen LogP) is 2.59. The summed E-state index contributed by atoms with van der Waals surface area (Å²) < 4.78 is 2.36. The fourth-order valence-corrected chi connectivity index (χ4v) is 2.72. The predicted molar refractivity (Wildman–Crippen MR) is 68.9 cm³/mol. The van der Waals surface area contributed by atoms with Crippen LogP contribution in [0.15, 0.2) is 0 Å². The van der Waals surface area contributed by atoms with E-state index in [0.717, 1.165) is 31.2 Å². The highest BCUT2D eigenvalue weighted by atomic mass is 15.3. The van der Waals surface area contributed by atoms with Gasteiger partial charge < -0.3 is 9.88 Å². The molecular formula is C13H24N4. The number of aromatic nitrogens is 3. The van der Waals surface area contributed by atoms with E-state index in [9.17, 15) is 0 Å². The summed E-state index contributed by atoms with van der Waals surface area (Å²) in [5, 5.41) is 12.0. The summed E-state index contributed by atoms with van der Waals surface area (Å²) in [6.07, 6.45) is 7.84. The summed E-state index contributed by atoms with van der Waals surface area (Å²) in [6.45, 7) is 6.16. The highest BCUT2D eigenvalue weighted by molar-refractivity contribution is 4.97. The fourth-order valence-electron chi connectivity index (χ4n) is 2.72. The average molecular weight is 236 g/mol. The summed E-state index contributed by atoms with van der Waals surface area (Å²) in [5.41, 5.74) is 0. The van der Waals surface area contributed by atoms with Crippen LogP contribution in [-0.4, -0.2) is 21.3 Å². The number of hydrogen-bond acceptors (Lipinski definition) is 3. The molecule has 96 valence electrons. The van der Waals surface area contributed by atoms with E-state index in [1.165, 1.54) is 32.1 Å². The lowest BCUT2D eigenvalue weighted by Gasteiger charge is -2.25. The van der Waals surface area contributed by atoms with Crippen molar-refractivity contribution in [3.63, 3.8) is 0 Å². The lowest BCUT2D eigenvalue weighted by atomic mass is 9.95. The maximum absolute atomic E-state index is 4.31. The molecule has 2 rings (SSSR count). The molecule has 0 atom stereocenters. The minimum atomic E-state index is 0.636. The van der Waals surface area contributed by atoms with E-state index < -0.39 is 0 Å². The maximum atomic E-state index is 4.31. The second-order valence-corrected chi connectivity index (χ2v) is 5.00. The Labute approximate surface area is 104 Å². The zero-order valence-corrected chi connectivity index (χ0v) is 11.1. The van der Waals surface area contributed by atoms with Crippen LogP contribution in [0.1, 0.15) is 63.1 Å². The van der Waals surface area contributed by atoms with Crippen LogP contribution in [0, 0.1) is 6.92 Å². The standard InChI is InChI=1S/C13H24N4/c1-3-9-14-10-13-16-15-11(2)17(13)12-7-5-4-6-8-12/h12,14H,3-10H2,1-2H3. The zero-order chi connectivity index (χ0) is 12.1. The van der Waals surface area contributed by atoms with Crippen LogP contribution in [0.4, 0.5) is 0 Å². The average Bonchev–Trinajstić information content (AvgIpc) is 2.72. The molecule has 1 aliphatic carbocycles. The normalized spacial score (nSPS) is 17.5. The van der Waals surface area contributed by atoms with Crippen molar-refractivity contribution in [3.05, 3.63) is 11.6 Å². The molecule has 1 aromatic rings. The number of nitrogens with one attached hydrogen (secondary N) is 1. The van der Waals surface area contributed by atoms with Crippen molar-refractivity contribution in [1.29, 1.82) is 0 Å². The molecule has 1 saturated carbocycles. The van der Waals surface area contributed by atoms with Crippen molar-refractivity contribution in [2.75, 3.05) is 6.54 Å². The molecule has 17 heavy (non-hydrogen) atoms. The molecule has 0 spiro atoms. The fraction of sp³-hybridized carbons (Fsp3) is 0.846. The van der Waals surface area contributed by atoms with Gasteiger partial charge in [0.25, 0.3) is 0 Å². The van der Waals surface area contributed by atoms with Crippen molar-refractivity contribution in [1.82, 2.24) is 20.1 Å². The van der Waals surface area contributed by atoms with Gasteiger partial charge in [0.1, 0.15) is 11.6 Å². The number of nitrogens with zero attached hydrogens (tertiary/aromatic N) is 3. The maximum Gasteiger partial charge on any atom is 0.147 e. The van der Waals surface area contributed by atoms with Gasteiger partial charge in [0, 0.05) is 6.04 Å². The first-order valence-electron chi connectivity index (χ1n) is 6.94. The van der Waals surface area contributed by atoms with Gasteiger partial charge >= 0.3 is 0 Å². The number of hydrogen-bond donors (Lipinski definition) is 1. The van der Waals surface area contributed by atoms with Crippen molar-refractivity contribution in [3.8, 4) is 0 Å². The molecule has 1 aromatic heterocycles. The van der Waals surface area contributed by atoms with Crippen molar-refractivity contribution in [2.24, 2.45) is 0 Å². The van der Waals surface area contributed by atoms with Gasteiger partial charge in [0.05, 0.1) is 6.54 Å². The molecule has 0 aromatic carbocycles. The van der Waals surface area contributed by atoms with Crippen molar-refractivity contribution >= 4 is 0 Å². The first kappa shape index (κ1) is 12.6. The lowest BCUT2D eigenvalue weighted by molar-refractivity contribution is 0.338. The third-order valence-electron chi connectivity index (χ3n) is 3.59. The molecule has 4 heteroatoms. The molecule has 0 aliphatic heterocycles. The van der Waals surface area contributed by atoms with Crippen LogP contribution in [0.3, 0.4) is 0 Å². The van der Waals surface area contributed by atoms with Gasteiger partial charge in [-0.1, -0.05) is 26.2 Å². The van der Waals surface area contributed by atoms with E-state index in [0.29, 0.717) is 6.04 Å². The number of aryl methyl sites for hydroxylation is 1. The smallest absolute Gasteiger partial charge is 0.147 e. The summed E-state index contributed by atoms with van der Waals surface area (Å²) in [4.78, 5) is 0. The minimum Gasteiger partial charge on any atom is -0.311 e. The monoisotopic (exact) mass is 236 g/mol. The van der Waals surface area contributed by atoms with Crippen LogP contribution in [0.2, 0.25) is 0 Å². The highest BCUT2D eigenvalue weighted by Crippen LogP contribution is 2.29. The summed E-state index contributed by atoms with van der Waals surface area (Å²) in [7, 11) is 0. The second kappa shape index (κ2) is 6.15. The Hall–Kier alpha value is -0.900. The van der Waals surface area contributed by atoms with Crippen LogP contribution in [0.5, 0.6) is 0 Å². The largest absolute Gasteiger partial charge is 0.311 e. The Kier molecular flexibility index (Phi) is 4.54. The molecular weight excluding hydrogens is 212 g/mol. The Bertz CT molecular complexity index is 339. The summed E-state index contributed by atoms with van der Waals surface area (Å²) in [5.74, 6) is 2.19. The van der Waals surface area contributed by atoms with Gasteiger partial charge in [-0.15, -0.1) is 10.2 Å². The topological polar surface area (TPSA) is 42.7 Å². The first-order valence-corrected chi connectivity index (χ1v) is 6.94. The molecule has 1 heterocycles. The van der Waals surface area contributed by atoms with E-state index in [-0.39, 0.29) is 0 Å². The van der Waals surface area contributed by atoms with Gasteiger partial charge in [-0.05, 0) is 32.7 Å². The molecule has 0 unspecified atom stereocenters. The first-order chi connectivity index (χ1) is 8.33. The second-order valence-electron chi connectivity index (χ2n) is 5.00. The van der Waals surface area contributed by atoms with E-state index in [2.05, 4.69) is 33.9 Å². The lowest BCUT2D eigenvalue weighted by Crippen LogP contribution is -2.22. The SMILES string of the molecule is CCCNCc1nnc(C)n1C1CCCCC1. The molecule has 1 N–H and O–H groups in total. The summed E-state index contributed by atoms with van der Waals surface area (Å²) >= 11 is 0. The van der Waals surface area contributed by atoms with Crippen LogP contribution in [0.25, 0.3) is 0 Å². The van der Waals surface area contributed by atoms with Crippen LogP contribution >= 0.6 is 0 Å². The van der Waals surface area contributed by atoms with E-state index in [1.807, 2.05) is 0 Å². The highest BCUT2D eigenvalue weighted by Gasteiger charge is 2.20. The third-order valence-corrected chi connectivity index (χ3v) is 3.59. The van der Waals surface area contributed by atoms with E-state index in [4.69, 9.17) is 0 Å². The Morgan fingerprint density at radius 2 is 2.00 bits per heavy atom. The summed E-state index contributed by atoms with van der Waals surface area (Å²) in [6, 6.07) is 0.636. The molecule has 0 bridgehead atoms. The molecule has 0 amide bonds. The van der Waals surface area contributed by atoms with Crippen molar-refractivity contribution < 1.29 is 0 Å². The third kappa shape index (κ3) is 3.06.